The summed E-state index contributed by atoms with van der Waals surface area (Å²) in [6, 6.07) is 10.2. The van der Waals surface area contributed by atoms with E-state index in [4.69, 9.17) is 4.74 Å². The predicted octanol–water partition coefficient (Wildman–Crippen LogP) is 3.94. The van der Waals surface area contributed by atoms with E-state index in [1.54, 1.807) is 25.1 Å². The van der Waals surface area contributed by atoms with Crippen LogP contribution in [0.25, 0.3) is 10.9 Å². The van der Waals surface area contributed by atoms with Crippen LogP contribution in [0.5, 0.6) is 5.75 Å². The second kappa shape index (κ2) is 14.6. The maximum absolute atomic E-state index is 13.1. The lowest BCUT2D eigenvalue weighted by molar-refractivity contribution is -0.127. The van der Waals surface area contributed by atoms with Crippen LogP contribution >= 0.6 is 0 Å². The molecule has 2 aromatic carbocycles. The molecule has 0 radical (unpaired) electrons. The summed E-state index contributed by atoms with van der Waals surface area (Å²) in [4.78, 5) is 15.4. The quantitative estimate of drug-likeness (QED) is 0.291. The van der Waals surface area contributed by atoms with Crippen LogP contribution in [0.15, 0.2) is 42.7 Å². The number of sulfonamides is 2. The van der Waals surface area contributed by atoms with Crippen molar-refractivity contribution in [3.63, 3.8) is 0 Å². The number of fused-ring (bicyclic) bond motifs is 1. The molecule has 4 heterocycles. The highest BCUT2D eigenvalue weighted by molar-refractivity contribution is 7.92. The first-order chi connectivity index (χ1) is 24.0. The van der Waals surface area contributed by atoms with Gasteiger partial charge >= 0.3 is 6.18 Å². The van der Waals surface area contributed by atoms with Crippen molar-refractivity contribution in [3.05, 3.63) is 53.9 Å². The largest absolute Gasteiger partial charge is 0.490 e. The molecule has 0 bridgehead atoms. The summed E-state index contributed by atoms with van der Waals surface area (Å²) < 4.78 is 98.3. The average molecular weight is 754 g/mol. The van der Waals surface area contributed by atoms with Crippen molar-refractivity contribution in [2.75, 3.05) is 80.6 Å². The van der Waals surface area contributed by atoms with E-state index in [9.17, 15) is 30.0 Å². The first-order valence-corrected chi connectivity index (χ1v) is 20.7. The Morgan fingerprint density at radius 3 is 2.27 bits per heavy atom. The number of piperidine rings is 1. The van der Waals surface area contributed by atoms with E-state index in [0.717, 1.165) is 44.6 Å². The minimum absolute atomic E-state index is 0.0198. The number of nitrogens with zero attached hydrogens (tertiary/aromatic N) is 6. The highest BCUT2D eigenvalue weighted by atomic mass is 32.2. The Labute approximate surface area is 298 Å². The molecular formula is C34H46F3N7O5S2. The van der Waals surface area contributed by atoms with Crippen molar-refractivity contribution in [1.29, 1.82) is 0 Å². The molecule has 0 unspecified atom stereocenters. The lowest BCUT2D eigenvalue weighted by Gasteiger charge is -2.54. The fourth-order valence-corrected chi connectivity index (χ4v) is 8.73. The van der Waals surface area contributed by atoms with Gasteiger partial charge in [0, 0.05) is 62.7 Å². The number of hydrogen-bond donors (Lipinski definition) is 1. The molecule has 3 aliphatic heterocycles. The van der Waals surface area contributed by atoms with Gasteiger partial charge in [0.15, 0.2) is 0 Å². The molecule has 0 amide bonds. The van der Waals surface area contributed by atoms with E-state index >= 15 is 0 Å². The molecule has 1 atom stereocenters. The van der Waals surface area contributed by atoms with Crippen LogP contribution in [0, 0.1) is 5.41 Å². The molecule has 280 valence electrons. The van der Waals surface area contributed by atoms with Gasteiger partial charge in [0.2, 0.25) is 20.0 Å². The summed E-state index contributed by atoms with van der Waals surface area (Å²) in [5.74, 6) is 1.05. The van der Waals surface area contributed by atoms with E-state index in [-0.39, 0.29) is 22.8 Å². The molecule has 1 N–H and O–H groups in total. The fourth-order valence-electron chi connectivity index (χ4n) is 7.26. The number of nitrogens with one attached hydrogen (secondary N) is 1. The van der Waals surface area contributed by atoms with Gasteiger partial charge in [-0.2, -0.15) is 17.5 Å². The molecule has 1 aromatic heterocycles. The Morgan fingerprint density at radius 1 is 0.941 bits per heavy atom. The molecule has 1 spiro atoms. The highest BCUT2D eigenvalue weighted by Crippen LogP contribution is 2.44. The van der Waals surface area contributed by atoms with Crippen LogP contribution in [0.3, 0.4) is 0 Å². The third kappa shape index (κ3) is 9.22. The van der Waals surface area contributed by atoms with Gasteiger partial charge in [0.05, 0.1) is 29.6 Å². The van der Waals surface area contributed by atoms with Gasteiger partial charge in [-0.05, 0) is 75.2 Å². The molecule has 0 aliphatic carbocycles. The second-order valence-corrected chi connectivity index (χ2v) is 18.2. The molecule has 0 saturated carbocycles. The number of alkyl halides is 3. The maximum Gasteiger partial charge on any atom is 0.393 e. The van der Waals surface area contributed by atoms with Gasteiger partial charge < -0.3 is 9.64 Å². The monoisotopic (exact) mass is 753 g/mol. The number of halogens is 3. The molecular weight excluding hydrogens is 708 g/mol. The zero-order valence-corrected chi connectivity index (χ0v) is 30.8. The number of ether oxygens (including phenoxy) is 1. The van der Waals surface area contributed by atoms with Gasteiger partial charge in [-0.1, -0.05) is 12.1 Å². The molecule has 6 rings (SSSR count). The summed E-state index contributed by atoms with van der Waals surface area (Å²) in [7, 11) is -6.78. The van der Waals surface area contributed by atoms with Crippen molar-refractivity contribution >= 4 is 42.5 Å². The number of hydrogen-bond acceptors (Lipinski definition) is 10. The number of rotatable bonds is 12. The predicted molar refractivity (Wildman–Crippen MR) is 191 cm³/mol. The van der Waals surface area contributed by atoms with Crippen molar-refractivity contribution in [1.82, 2.24) is 24.1 Å². The van der Waals surface area contributed by atoms with Crippen LogP contribution in [0.1, 0.15) is 37.8 Å². The lowest BCUT2D eigenvalue weighted by atomic mass is 9.72. The van der Waals surface area contributed by atoms with Gasteiger partial charge in [-0.3, -0.25) is 14.5 Å². The summed E-state index contributed by atoms with van der Waals surface area (Å²) in [6.45, 7) is 9.84. The van der Waals surface area contributed by atoms with Crippen LogP contribution < -0.4 is 14.4 Å². The fraction of sp³-hybridized carbons (Fsp3) is 0.588. The smallest absolute Gasteiger partial charge is 0.393 e. The highest BCUT2D eigenvalue weighted by Gasteiger charge is 2.45. The van der Waals surface area contributed by atoms with Gasteiger partial charge in [-0.15, -0.1) is 0 Å². The Kier molecular flexibility index (Phi) is 10.8. The van der Waals surface area contributed by atoms with Gasteiger partial charge in [0.1, 0.15) is 24.5 Å². The standard InChI is InChI=1S/C34H46F3N7O5S2/c1-4-51(47,48)40-30-8-6-27(18-31(30)49-21-25(2)42-13-15-44(16-14-42)50(3,45)46)20-41-11-9-33(10-12-41)22-43(23-33)32-28-17-26(19-34(35,36)37)5-7-29(28)38-24-39-32/h5-8,17-18,24-25,40H,4,9-16,19-23H2,1-3H3/t25-/m1/s1. The number of likely N-dealkylation sites (tertiary alicyclic amines) is 1. The van der Waals surface area contributed by atoms with Crippen LogP contribution in [0.4, 0.5) is 24.7 Å². The number of piperazine rings is 1. The summed E-state index contributed by atoms with van der Waals surface area (Å²) >= 11 is 0. The average Bonchev–Trinajstić information content (AvgIpc) is 3.06. The van der Waals surface area contributed by atoms with Crippen LogP contribution in [0.2, 0.25) is 0 Å². The van der Waals surface area contributed by atoms with Crippen LogP contribution in [-0.4, -0.2) is 124 Å². The summed E-state index contributed by atoms with van der Waals surface area (Å²) in [5, 5.41) is 0.637. The Hall–Kier alpha value is -3.25. The Balaban J connectivity index is 1.06. The Bertz CT molecular complexity index is 1920. The Morgan fingerprint density at radius 2 is 1.63 bits per heavy atom. The lowest BCUT2D eigenvalue weighted by Crippen LogP contribution is -2.60. The van der Waals surface area contributed by atoms with Crippen molar-refractivity contribution in [2.45, 2.75) is 51.9 Å². The van der Waals surface area contributed by atoms with E-state index in [2.05, 4.69) is 29.4 Å². The maximum atomic E-state index is 13.1. The van der Waals surface area contributed by atoms with E-state index in [1.807, 2.05) is 19.1 Å². The SMILES string of the molecule is CCS(=O)(=O)Nc1ccc(CN2CCC3(CC2)CN(c2ncnc4ccc(CC(F)(F)F)cc24)C3)cc1OC[C@@H](C)N1CCN(S(C)(=O)=O)CC1. The summed E-state index contributed by atoms with van der Waals surface area (Å²) in [6.07, 6.45) is -0.666. The normalized spacial score (nSPS) is 20.0. The summed E-state index contributed by atoms with van der Waals surface area (Å²) in [5.41, 5.74) is 2.30. The molecule has 17 heteroatoms. The van der Waals surface area contributed by atoms with Gasteiger partial charge in [0.25, 0.3) is 0 Å². The number of aromatic nitrogens is 2. The topological polar surface area (TPSA) is 128 Å². The zero-order chi connectivity index (χ0) is 36.6. The molecule has 51 heavy (non-hydrogen) atoms. The number of anilines is 2. The van der Waals surface area contributed by atoms with Crippen molar-refractivity contribution in [2.24, 2.45) is 5.41 Å². The van der Waals surface area contributed by atoms with E-state index in [1.165, 1.54) is 23.0 Å². The van der Waals surface area contributed by atoms with Crippen molar-refractivity contribution in [3.8, 4) is 5.75 Å². The minimum atomic E-state index is -4.29. The van der Waals surface area contributed by atoms with E-state index < -0.39 is 32.6 Å². The molecule has 3 aliphatic rings. The second-order valence-electron chi connectivity index (χ2n) is 14.2. The molecule has 12 nitrogen and oxygen atoms in total. The molecule has 3 aromatic rings. The first-order valence-electron chi connectivity index (χ1n) is 17.2. The third-order valence-corrected chi connectivity index (χ3v) is 12.9. The number of benzene rings is 2. The van der Waals surface area contributed by atoms with E-state index in [0.29, 0.717) is 67.5 Å². The van der Waals surface area contributed by atoms with Crippen LogP contribution in [-0.2, 0) is 33.0 Å². The van der Waals surface area contributed by atoms with Crippen molar-refractivity contribution < 1.29 is 34.7 Å². The zero-order valence-electron chi connectivity index (χ0n) is 29.2. The molecule has 3 saturated heterocycles. The molecule has 3 fully saturated rings. The van der Waals surface area contributed by atoms with Gasteiger partial charge in [-0.25, -0.2) is 26.8 Å². The first kappa shape index (κ1) is 37.5. The third-order valence-electron chi connectivity index (χ3n) is 10.3. The minimum Gasteiger partial charge on any atom is -0.490 e.